The Morgan fingerprint density at radius 1 is 1.10 bits per heavy atom. The Hall–Kier alpha value is -1.55. The number of aromatic hydroxyl groups is 1. The van der Waals surface area contributed by atoms with Crippen molar-refractivity contribution in [2.45, 2.75) is 58.9 Å². The Morgan fingerprint density at radius 3 is 2.10 bits per heavy atom. The van der Waals surface area contributed by atoms with E-state index in [2.05, 4.69) is 52.9 Å². The molecule has 3 N–H and O–H groups in total. The first-order valence-electron chi connectivity index (χ1n) is 7.22. The molecule has 21 heavy (non-hydrogen) atoms. The number of nitrogens with one attached hydrogen (secondary N) is 1. The van der Waals surface area contributed by atoms with Gasteiger partial charge in [-0.25, -0.2) is 0 Å². The number of benzene rings is 1. The summed E-state index contributed by atoms with van der Waals surface area (Å²) in [6.07, 6.45) is 0. The Labute approximate surface area is 127 Å². The van der Waals surface area contributed by atoms with Crippen molar-refractivity contribution in [2.75, 3.05) is 6.54 Å². The maximum atomic E-state index is 10.6. The van der Waals surface area contributed by atoms with Gasteiger partial charge in [0.15, 0.2) is 0 Å². The van der Waals surface area contributed by atoms with Gasteiger partial charge in [0.1, 0.15) is 5.75 Å². The van der Waals surface area contributed by atoms with E-state index in [1.165, 1.54) is 0 Å². The second-order valence-electron chi connectivity index (χ2n) is 7.53. The van der Waals surface area contributed by atoms with Gasteiger partial charge in [0.25, 0.3) is 0 Å². The van der Waals surface area contributed by atoms with Crippen LogP contribution in [-0.4, -0.2) is 22.7 Å². The number of aliphatic carboxylic acids is 1. The van der Waals surface area contributed by atoms with E-state index >= 15 is 0 Å². The van der Waals surface area contributed by atoms with Crippen molar-refractivity contribution >= 4 is 5.97 Å². The highest BCUT2D eigenvalue weighted by molar-refractivity contribution is 5.69. The summed E-state index contributed by atoms with van der Waals surface area (Å²) in [6, 6.07) is 4.01. The van der Waals surface area contributed by atoms with Gasteiger partial charge in [-0.05, 0) is 22.0 Å². The van der Waals surface area contributed by atoms with Gasteiger partial charge in [-0.15, -0.1) is 0 Å². The molecule has 0 heterocycles. The molecule has 0 unspecified atom stereocenters. The summed E-state index contributed by atoms with van der Waals surface area (Å²) in [5, 5.41) is 22.0. The van der Waals surface area contributed by atoms with Crippen LogP contribution in [0, 0.1) is 0 Å². The molecule has 0 spiro atoms. The zero-order valence-corrected chi connectivity index (χ0v) is 13.9. The highest BCUT2D eigenvalue weighted by Gasteiger charge is 2.24. The first kappa shape index (κ1) is 17.5. The quantitative estimate of drug-likeness (QED) is 0.797. The summed E-state index contributed by atoms with van der Waals surface area (Å²) >= 11 is 0. The molecule has 0 atom stereocenters. The Balaban J connectivity index is 3.25. The monoisotopic (exact) mass is 293 g/mol. The molecular formula is C17H27NO3. The lowest BCUT2D eigenvalue weighted by Crippen LogP contribution is -2.23. The second-order valence-corrected chi connectivity index (χ2v) is 7.53. The van der Waals surface area contributed by atoms with Gasteiger partial charge in [-0.1, -0.05) is 53.7 Å². The summed E-state index contributed by atoms with van der Waals surface area (Å²) in [5.74, 6) is -0.647. The number of hydrogen-bond donors (Lipinski definition) is 3. The molecule has 1 aromatic carbocycles. The van der Waals surface area contributed by atoms with Gasteiger partial charge in [-0.3, -0.25) is 4.79 Å². The minimum Gasteiger partial charge on any atom is -0.507 e. The van der Waals surface area contributed by atoms with Gasteiger partial charge in [0.2, 0.25) is 0 Å². The number of carboxylic acids is 1. The zero-order chi connectivity index (χ0) is 16.4. The lowest BCUT2D eigenvalue weighted by molar-refractivity contribution is -0.136. The SMILES string of the molecule is CC(C)(C)c1cc(CNCC(=O)O)c(O)c(C(C)(C)C)c1. The van der Waals surface area contributed by atoms with Crippen molar-refractivity contribution in [3.05, 3.63) is 28.8 Å². The third-order valence-corrected chi connectivity index (χ3v) is 3.45. The number of carbonyl (C=O) groups is 1. The summed E-state index contributed by atoms with van der Waals surface area (Å²) in [7, 11) is 0. The minimum absolute atomic E-state index is 0.0325. The lowest BCUT2D eigenvalue weighted by atomic mass is 9.79. The van der Waals surface area contributed by atoms with Crippen LogP contribution in [0.3, 0.4) is 0 Å². The molecule has 0 aromatic heterocycles. The van der Waals surface area contributed by atoms with Crippen LogP contribution >= 0.6 is 0 Å². The maximum absolute atomic E-state index is 10.6. The van der Waals surface area contributed by atoms with E-state index in [-0.39, 0.29) is 23.1 Å². The molecule has 0 amide bonds. The molecular weight excluding hydrogens is 266 g/mol. The van der Waals surface area contributed by atoms with Gasteiger partial charge < -0.3 is 15.5 Å². The lowest BCUT2D eigenvalue weighted by Gasteiger charge is -2.27. The molecule has 1 aromatic rings. The van der Waals surface area contributed by atoms with Crippen LogP contribution in [0.1, 0.15) is 58.2 Å². The molecule has 118 valence electrons. The molecule has 4 nitrogen and oxygen atoms in total. The van der Waals surface area contributed by atoms with Gasteiger partial charge >= 0.3 is 5.97 Å². The van der Waals surface area contributed by atoms with E-state index in [4.69, 9.17) is 5.11 Å². The van der Waals surface area contributed by atoms with Crippen molar-refractivity contribution < 1.29 is 15.0 Å². The topological polar surface area (TPSA) is 69.6 Å². The molecule has 0 fully saturated rings. The molecule has 1 rings (SSSR count). The Kier molecular flexibility index (Phi) is 5.05. The van der Waals surface area contributed by atoms with Crippen molar-refractivity contribution in [1.82, 2.24) is 5.32 Å². The summed E-state index contributed by atoms with van der Waals surface area (Å²) in [5.41, 5.74) is 2.57. The fourth-order valence-electron chi connectivity index (χ4n) is 2.14. The van der Waals surface area contributed by atoms with Crippen LogP contribution in [0.4, 0.5) is 0 Å². The van der Waals surface area contributed by atoms with E-state index in [1.807, 2.05) is 6.07 Å². The molecule has 0 bridgehead atoms. The fourth-order valence-corrected chi connectivity index (χ4v) is 2.14. The Bertz CT molecular complexity index is 522. The van der Waals surface area contributed by atoms with Crippen LogP contribution in [0.2, 0.25) is 0 Å². The molecule has 0 aliphatic heterocycles. The molecule has 0 aliphatic carbocycles. The summed E-state index contributed by atoms with van der Waals surface area (Å²) in [4.78, 5) is 10.6. The highest BCUT2D eigenvalue weighted by Crippen LogP contribution is 2.37. The first-order valence-corrected chi connectivity index (χ1v) is 7.22. The summed E-state index contributed by atoms with van der Waals surface area (Å²) in [6.45, 7) is 12.8. The van der Waals surface area contributed by atoms with Crippen LogP contribution in [0.15, 0.2) is 12.1 Å². The average molecular weight is 293 g/mol. The third kappa shape index (κ3) is 4.74. The van der Waals surface area contributed by atoms with Gasteiger partial charge in [-0.2, -0.15) is 0 Å². The fraction of sp³-hybridized carbons (Fsp3) is 0.588. The second kappa shape index (κ2) is 6.06. The van der Waals surface area contributed by atoms with Crippen molar-refractivity contribution in [3.8, 4) is 5.75 Å². The van der Waals surface area contributed by atoms with Crippen molar-refractivity contribution in [1.29, 1.82) is 0 Å². The van der Waals surface area contributed by atoms with Gasteiger partial charge in [0.05, 0.1) is 6.54 Å². The number of carboxylic acid groups (broad SMARTS) is 1. The smallest absolute Gasteiger partial charge is 0.317 e. The predicted molar refractivity (Wildman–Crippen MR) is 84.8 cm³/mol. The Morgan fingerprint density at radius 2 is 1.67 bits per heavy atom. The normalized spacial score (nSPS) is 12.5. The molecule has 0 aliphatic rings. The van der Waals surface area contributed by atoms with E-state index in [0.29, 0.717) is 6.54 Å². The van der Waals surface area contributed by atoms with Crippen LogP contribution < -0.4 is 5.32 Å². The number of rotatable bonds is 4. The largest absolute Gasteiger partial charge is 0.507 e. The van der Waals surface area contributed by atoms with Crippen molar-refractivity contribution in [2.24, 2.45) is 0 Å². The number of phenolic OH excluding ortho intramolecular Hbond substituents is 1. The first-order chi connectivity index (χ1) is 9.43. The van der Waals surface area contributed by atoms with Gasteiger partial charge in [0, 0.05) is 12.1 Å². The molecule has 0 saturated heterocycles. The van der Waals surface area contributed by atoms with E-state index < -0.39 is 5.97 Å². The van der Waals surface area contributed by atoms with Crippen LogP contribution in [0.5, 0.6) is 5.75 Å². The maximum Gasteiger partial charge on any atom is 0.317 e. The van der Waals surface area contributed by atoms with E-state index in [1.54, 1.807) is 0 Å². The molecule has 4 heteroatoms. The molecule has 0 radical (unpaired) electrons. The van der Waals surface area contributed by atoms with Crippen LogP contribution in [0.25, 0.3) is 0 Å². The van der Waals surface area contributed by atoms with E-state index in [9.17, 15) is 9.90 Å². The minimum atomic E-state index is -0.905. The third-order valence-electron chi connectivity index (χ3n) is 3.45. The summed E-state index contributed by atoms with van der Waals surface area (Å²) < 4.78 is 0. The standard InChI is InChI=1S/C17H27NO3/c1-16(2,3)12-7-11(9-18-10-14(19)20)15(21)13(8-12)17(4,5)6/h7-8,18,21H,9-10H2,1-6H3,(H,19,20). The predicted octanol–water partition coefficient (Wildman–Crippen LogP) is 3.16. The van der Waals surface area contributed by atoms with Crippen LogP contribution in [-0.2, 0) is 22.2 Å². The van der Waals surface area contributed by atoms with Crippen molar-refractivity contribution in [3.63, 3.8) is 0 Å². The number of phenols is 1. The highest BCUT2D eigenvalue weighted by atomic mass is 16.4. The van der Waals surface area contributed by atoms with E-state index in [0.717, 1.165) is 16.7 Å². The number of hydrogen-bond acceptors (Lipinski definition) is 3. The molecule has 0 saturated carbocycles. The average Bonchev–Trinajstić information content (AvgIpc) is 2.27. The zero-order valence-electron chi connectivity index (χ0n) is 13.9.